The number of ether oxygens (including phenoxy) is 1. The summed E-state index contributed by atoms with van der Waals surface area (Å²) in [5.41, 5.74) is 1.39. The van der Waals surface area contributed by atoms with Gasteiger partial charge >= 0.3 is 0 Å². The summed E-state index contributed by atoms with van der Waals surface area (Å²) >= 11 is 0. The van der Waals surface area contributed by atoms with Crippen LogP contribution >= 0.6 is 0 Å². The Balaban J connectivity index is 1.73. The molecule has 1 fully saturated rings. The van der Waals surface area contributed by atoms with Gasteiger partial charge in [-0.15, -0.1) is 0 Å². The SMILES string of the molecule is CCOc1ccc(CCC2CCC(C#CC#N)CC2)cc1. The van der Waals surface area contributed by atoms with Gasteiger partial charge in [0.1, 0.15) is 5.75 Å². The second-order valence-electron chi connectivity index (χ2n) is 5.71. The van der Waals surface area contributed by atoms with E-state index in [1.165, 1.54) is 24.8 Å². The van der Waals surface area contributed by atoms with E-state index in [4.69, 9.17) is 10.00 Å². The van der Waals surface area contributed by atoms with E-state index in [2.05, 4.69) is 36.1 Å². The average molecular weight is 281 g/mol. The Morgan fingerprint density at radius 3 is 2.48 bits per heavy atom. The van der Waals surface area contributed by atoms with E-state index in [0.717, 1.165) is 37.5 Å². The van der Waals surface area contributed by atoms with Gasteiger partial charge in [-0.2, -0.15) is 5.26 Å². The molecular formula is C19H23NO. The summed E-state index contributed by atoms with van der Waals surface area (Å²) in [7, 11) is 0. The molecule has 2 rings (SSSR count). The van der Waals surface area contributed by atoms with Crippen LogP contribution in [-0.2, 0) is 6.42 Å². The lowest BCUT2D eigenvalue weighted by molar-refractivity contribution is 0.301. The van der Waals surface area contributed by atoms with Gasteiger partial charge in [0.15, 0.2) is 6.07 Å². The molecule has 1 saturated carbocycles. The van der Waals surface area contributed by atoms with Crippen LogP contribution in [-0.4, -0.2) is 6.61 Å². The number of nitriles is 1. The van der Waals surface area contributed by atoms with Gasteiger partial charge in [-0.25, -0.2) is 0 Å². The summed E-state index contributed by atoms with van der Waals surface area (Å²) < 4.78 is 5.46. The van der Waals surface area contributed by atoms with Gasteiger partial charge in [-0.3, -0.25) is 0 Å². The molecule has 2 nitrogen and oxygen atoms in total. The Morgan fingerprint density at radius 1 is 1.14 bits per heavy atom. The quantitative estimate of drug-likeness (QED) is 0.752. The van der Waals surface area contributed by atoms with Crippen molar-refractivity contribution in [3.63, 3.8) is 0 Å². The number of nitrogens with zero attached hydrogens (tertiary/aromatic N) is 1. The smallest absolute Gasteiger partial charge is 0.152 e. The minimum Gasteiger partial charge on any atom is -0.494 e. The highest BCUT2D eigenvalue weighted by atomic mass is 16.5. The molecular weight excluding hydrogens is 258 g/mol. The first-order chi connectivity index (χ1) is 10.3. The van der Waals surface area contributed by atoms with E-state index in [1.807, 2.05) is 13.0 Å². The zero-order valence-corrected chi connectivity index (χ0v) is 12.8. The summed E-state index contributed by atoms with van der Waals surface area (Å²) in [6.45, 7) is 2.72. The number of hydrogen-bond acceptors (Lipinski definition) is 2. The van der Waals surface area contributed by atoms with Crippen LogP contribution in [0.5, 0.6) is 5.75 Å². The lowest BCUT2D eigenvalue weighted by Crippen LogP contribution is -2.14. The average Bonchev–Trinajstić information content (AvgIpc) is 2.53. The third-order valence-corrected chi connectivity index (χ3v) is 4.25. The Hall–Kier alpha value is -1.93. The van der Waals surface area contributed by atoms with E-state index in [-0.39, 0.29) is 0 Å². The largest absolute Gasteiger partial charge is 0.494 e. The second-order valence-corrected chi connectivity index (χ2v) is 5.71. The third kappa shape index (κ3) is 5.16. The molecule has 0 heterocycles. The Bertz CT molecular complexity index is 521. The molecule has 1 aliphatic carbocycles. The van der Waals surface area contributed by atoms with Crippen molar-refractivity contribution in [1.29, 1.82) is 5.26 Å². The number of benzene rings is 1. The summed E-state index contributed by atoms with van der Waals surface area (Å²) in [6, 6.07) is 10.4. The van der Waals surface area contributed by atoms with Gasteiger partial charge in [0.2, 0.25) is 0 Å². The fourth-order valence-corrected chi connectivity index (χ4v) is 3.02. The molecule has 0 aliphatic heterocycles. The first-order valence-corrected chi connectivity index (χ1v) is 7.93. The zero-order chi connectivity index (χ0) is 14.9. The van der Waals surface area contributed by atoms with Crippen molar-refractivity contribution in [3.05, 3.63) is 29.8 Å². The second kappa shape index (κ2) is 8.38. The van der Waals surface area contributed by atoms with Gasteiger partial charge in [0.05, 0.1) is 6.61 Å². The van der Waals surface area contributed by atoms with Gasteiger partial charge in [-0.1, -0.05) is 18.1 Å². The Labute approximate surface area is 128 Å². The maximum Gasteiger partial charge on any atom is 0.152 e. The highest BCUT2D eigenvalue weighted by molar-refractivity contribution is 5.27. The van der Waals surface area contributed by atoms with Gasteiger partial charge in [-0.05, 0) is 69.1 Å². The predicted molar refractivity (Wildman–Crippen MR) is 84.8 cm³/mol. The number of hydrogen-bond donors (Lipinski definition) is 0. The minimum absolute atomic E-state index is 0.450. The Kier molecular flexibility index (Phi) is 6.17. The maximum absolute atomic E-state index is 8.48. The number of aryl methyl sites for hydroxylation is 1. The summed E-state index contributed by atoms with van der Waals surface area (Å²) in [5, 5.41) is 8.48. The van der Waals surface area contributed by atoms with Crippen LogP contribution in [0.1, 0.15) is 44.6 Å². The molecule has 0 amide bonds. The lowest BCUT2D eigenvalue weighted by atomic mass is 9.80. The van der Waals surface area contributed by atoms with E-state index < -0.39 is 0 Å². The van der Waals surface area contributed by atoms with E-state index >= 15 is 0 Å². The van der Waals surface area contributed by atoms with Crippen molar-refractivity contribution in [2.45, 2.75) is 45.4 Å². The lowest BCUT2D eigenvalue weighted by Gasteiger charge is -2.25. The normalized spacial score (nSPS) is 21.0. The van der Waals surface area contributed by atoms with Crippen LogP contribution in [0.25, 0.3) is 0 Å². The first-order valence-electron chi connectivity index (χ1n) is 7.93. The molecule has 0 spiro atoms. The number of rotatable bonds is 5. The van der Waals surface area contributed by atoms with Crippen molar-refractivity contribution < 1.29 is 4.74 Å². The summed E-state index contributed by atoms with van der Waals surface area (Å²) in [6.07, 6.45) is 7.22. The van der Waals surface area contributed by atoms with Gasteiger partial charge in [0, 0.05) is 11.8 Å². The Morgan fingerprint density at radius 2 is 1.86 bits per heavy atom. The molecule has 0 saturated heterocycles. The zero-order valence-electron chi connectivity index (χ0n) is 12.8. The van der Waals surface area contributed by atoms with E-state index in [0.29, 0.717) is 5.92 Å². The van der Waals surface area contributed by atoms with Crippen LogP contribution < -0.4 is 4.74 Å². The first kappa shape index (κ1) is 15.5. The van der Waals surface area contributed by atoms with Crippen molar-refractivity contribution in [1.82, 2.24) is 0 Å². The molecule has 0 bridgehead atoms. The molecule has 21 heavy (non-hydrogen) atoms. The molecule has 0 radical (unpaired) electrons. The monoisotopic (exact) mass is 281 g/mol. The third-order valence-electron chi connectivity index (χ3n) is 4.25. The van der Waals surface area contributed by atoms with Crippen LogP contribution in [0.3, 0.4) is 0 Å². The van der Waals surface area contributed by atoms with Crippen LogP contribution in [0.2, 0.25) is 0 Å². The summed E-state index contributed by atoms with van der Waals surface area (Å²) in [4.78, 5) is 0. The van der Waals surface area contributed by atoms with Crippen molar-refractivity contribution in [2.24, 2.45) is 11.8 Å². The van der Waals surface area contributed by atoms with Crippen LogP contribution in [0.4, 0.5) is 0 Å². The van der Waals surface area contributed by atoms with Gasteiger partial charge < -0.3 is 4.74 Å². The van der Waals surface area contributed by atoms with Crippen molar-refractivity contribution in [3.8, 4) is 23.7 Å². The fraction of sp³-hybridized carbons (Fsp3) is 0.526. The highest BCUT2D eigenvalue weighted by Gasteiger charge is 2.19. The predicted octanol–water partition coefficient (Wildman–Crippen LogP) is 4.35. The van der Waals surface area contributed by atoms with Crippen molar-refractivity contribution in [2.75, 3.05) is 6.61 Å². The molecule has 2 heteroatoms. The van der Waals surface area contributed by atoms with E-state index in [1.54, 1.807) is 0 Å². The molecule has 1 aromatic carbocycles. The minimum atomic E-state index is 0.450. The van der Waals surface area contributed by atoms with Crippen LogP contribution in [0, 0.1) is 35.0 Å². The van der Waals surface area contributed by atoms with E-state index in [9.17, 15) is 0 Å². The molecule has 110 valence electrons. The molecule has 0 atom stereocenters. The molecule has 0 aromatic heterocycles. The van der Waals surface area contributed by atoms with Crippen LogP contribution in [0.15, 0.2) is 24.3 Å². The van der Waals surface area contributed by atoms with Gasteiger partial charge in [0.25, 0.3) is 0 Å². The molecule has 1 aromatic rings. The standard InChI is InChI=1S/C19H23NO/c1-2-21-19-13-11-18(12-14-19)10-9-17-7-5-16(6-8-17)4-3-15-20/h11-14,16-17H,2,5-10H2,1H3. The fourth-order valence-electron chi connectivity index (χ4n) is 3.02. The van der Waals surface area contributed by atoms with Crippen molar-refractivity contribution >= 4 is 0 Å². The summed E-state index contributed by atoms with van der Waals surface area (Å²) in [5.74, 6) is 7.83. The molecule has 0 N–H and O–H groups in total. The molecule has 0 unspecified atom stereocenters. The topological polar surface area (TPSA) is 33.0 Å². The maximum atomic E-state index is 8.48. The molecule has 1 aliphatic rings. The highest BCUT2D eigenvalue weighted by Crippen LogP contribution is 2.31.